The first-order chi connectivity index (χ1) is 5.72. The van der Waals surface area contributed by atoms with E-state index >= 15 is 0 Å². The molecule has 80 valence electrons. The summed E-state index contributed by atoms with van der Waals surface area (Å²) in [6.07, 6.45) is -0.493. The van der Waals surface area contributed by atoms with Crippen molar-refractivity contribution < 1.29 is 9.53 Å². The van der Waals surface area contributed by atoms with Crippen LogP contribution in [0.1, 0.15) is 13.8 Å². The molecule has 0 unspecified atom stereocenters. The Hall–Kier alpha value is 1.42. The van der Waals surface area contributed by atoms with Crippen LogP contribution < -0.4 is 0 Å². The summed E-state index contributed by atoms with van der Waals surface area (Å²) in [5.41, 5.74) is 0. The van der Waals surface area contributed by atoms with Gasteiger partial charge < -0.3 is 0 Å². The van der Waals surface area contributed by atoms with Gasteiger partial charge in [0.2, 0.25) is 0 Å². The van der Waals surface area contributed by atoms with E-state index in [9.17, 15) is 4.79 Å². The van der Waals surface area contributed by atoms with E-state index in [0.29, 0.717) is 0 Å². The third-order valence-electron chi connectivity index (χ3n) is 1.18. The molecule has 0 aliphatic carbocycles. The minimum absolute atomic E-state index is 0.275. The van der Waals surface area contributed by atoms with Crippen LogP contribution in [0.2, 0.25) is 4.47 Å². The first-order valence-corrected chi connectivity index (χ1v) is 14.4. The molecule has 0 fully saturated rings. The Kier molecular flexibility index (Phi) is 6.77. The quantitative estimate of drug-likeness (QED) is 0.423. The van der Waals surface area contributed by atoms with Gasteiger partial charge in [0.1, 0.15) is 0 Å². The van der Waals surface area contributed by atoms with Crippen LogP contribution in [-0.4, -0.2) is 32.3 Å². The molecule has 0 saturated heterocycles. The number of hydrogen-bond acceptors (Lipinski definition) is 2. The van der Waals surface area contributed by atoms with E-state index < -0.39 is 26.9 Å². The predicted molar refractivity (Wildman–Crippen MR) is 59.0 cm³/mol. The molecule has 0 aromatic rings. The van der Waals surface area contributed by atoms with Gasteiger partial charge in [0.15, 0.2) is 0 Å². The van der Waals surface area contributed by atoms with Crippen molar-refractivity contribution in [1.29, 1.82) is 0 Å². The van der Waals surface area contributed by atoms with Crippen molar-refractivity contribution in [2.24, 2.45) is 0 Å². The summed E-state index contributed by atoms with van der Waals surface area (Å²) in [7, 11) is 17.2. The number of halogens is 4. The summed E-state index contributed by atoms with van der Waals surface area (Å²) in [5.74, 6) is -0.408. The van der Waals surface area contributed by atoms with E-state index in [1.165, 1.54) is 6.92 Å². The molecule has 13 heavy (non-hydrogen) atoms. The van der Waals surface area contributed by atoms with Crippen LogP contribution in [0.3, 0.4) is 0 Å². The summed E-state index contributed by atoms with van der Waals surface area (Å²) in [6.45, 7) is 3.01. The number of carbonyl (C=O) groups excluding carboxylic acids is 1. The van der Waals surface area contributed by atoms with Gasteiger partial charge in [0, 0.05) is 0 Å². The van der Waals surface area contributed by atoms with E-state index in [-0.39, 0.29) is 9.85 Å². The fraction of sp³-hybridized carbons (Fsp3) is 0.833. The molecule has 0 aliphatic heterocycles. The summed E-state index contributed by atoms with van der Waals surface area (Å²) in [6, 6.07) is 0. The molecule has 0 spiro atoms. The van der Waals surface area contributed by atoms with Gasteiger partial charge in [0.05, 0.1) is 0 Å². The van der Waals surface area contributed by atoms with E-state index in [0.717, 1.165) is 0 Å². The topological polar surface area (TPSA) is 26.3 Å². The normalized spacial score (nSPS) is 17.7. The molecule has 0 radical (unpaired) electrons. The van der Waals surface area contributed by atoms with Gasteiger partial charge in [-0.3, -0.25) is 0 Å². The van der Waals surface area contributed by atoms with Crippen molar-refractivity contribution in [2.75, 3.05) is 0 Å². The van der Waals surface area contributed by atoms with Crippen LogP contribution in [0, 0.1) is 0 Å². The van der Waals surface area contributed by atoms with Crippen LogP contribution in [0.25, 0.3) is 0 Å². The predicted octanol–water partition coefficient (Wildman–Crippen LogP) is 3.20. The fourth-order valence-corrected chi connectivity index (χ4v) is 5.71. The second kappa shape index (κ2) is 6.10. The molecular weight excluding hydrogens is 373 g/mol. The van der Waals surface area contributed by atoms with Crippen LogP contribution >= 0.6 is 38.5 Å². The van der Waals surface area contributed by atoms with E-state index in [2.05, 4.69) is 0 Å². The molecule has 0 saturated carbocycles. The van der Waals surface area contributed by atoms with E-state index in [1.807, 2.05) is 0 Å². The van der Waals surface area contributed by atoms with Crippen molar-refractivity contribution in [2.45, 2.75) is 29.8 Å². The molecule has 0 aromatic carbocycles. The maximum atomic E-state index is 10.7. The minimum atomic E-state index is -3.29. The van der Waals surface area contributed by atoms with Crippen LogP contribution in [0.15, 0.2) is 0 Å². The van der Waals surface area contributed by atoms with Gasteiger partial charge in [0.25, 0.3) is 0 Å². The fourth-order valence-electron chi connectivity index (χ4n) is 0.660. The average Bonchev–Trinajstić information content (AvgIpc) is 1.81. The number of alkyl halides is 1. The Labute approximate surface area is 97.8 Å². The second-order valence-corrected chi connectivity index (χ2v) is 20.8. The number of esters is 1. The van der Waals surface area contributed by atoms with Crippen molar-refractivity contribution in [3.8, 4) is 0 Å². The number of rotatable bonds is 4. The third kappa shape index (κ3) is 8.42. The summed E-state index contributed by atoms with van der Waals surface area (Å²) < 4.78 is 5.19. The molecule has 0 N–H and O–H groups in total. The number of ether oxygens (including phenoxy) is 1. The van der Waals surface area contributed by atoms with Crippen molar-refractivity contribution in [1.82, 2.24) is 0 Å². The zero-order valence-electron chi connectivity index (χ0n) is 7.10. The second-order valence-electron chi connectivity index (χ2n) is 2.49. The van der Waals surface area contributed by atoms with Gasteiger partial charge in [-0.05, 0) is 0 Å². The Balaban J connectivity index is 4.19. The molecule has 0 aromatic heterocycles. The maximum absolute atomic E-state index is 10.7. The van der Waals surface area contributed by atoms with E-state index in [4.69, 9.17) is 43.2 Å². The molecule has 2 nitrogen and oxygen atoms in total. The molecule has 0 aliphatic rings. The van der Waals surface area contributed by atoms with Crippen molar-refractivity contribution in [3.63, 3.8) is 0 Å². The Bertz CT molecular complexity index is 180. The number of hydrogen-bond donors (Lipinski definition) is 0. The molecule has 0 bridgehead atoms. The van der Waals surface area contributed by atoms with Gasteiger partial charge in [-0.15, -0.1) is 0 Å². The van der Waals surface area contributed by atoms with Crippen LogP contribution in [0.5, 0.6) is 0 Å². The third-order valence-corrected chi connectivity index (χ3v) is 6.02. The summed E-state index contributed by atoms with van der Waals surface area (Å²) in [5, 5.41) is -0.342. The molecule has 2 atom stereocenters. The summed E-state index contributed by atoms with van der Waals surface area (Å²) >= 11 is 2.48. The molecular formula is C6H10Cl4O2Te. The molecule has 0 amide bonds. The molecule has 0 rings (SSSR count). The van der Waals surface area contributed by atoms with Crippen LogP contribution in [-0.2, 0) is 9.53 Å². The van der Waals surface area contributed by atoms with Gasteiger partial charge in [-0.1, -0.05) is 0 Å². The van der Waals surface area contributed by atoms with Crippen LogP contribution in [0.4, 0.5) is 0 Å². The first-order valence-electron chi connectivity index (χ1n) is 3.43. The average molecular weight is 384 g/mol. The SMILES string of the molecule is CC(=O)O[C@@H](C[Te](Cl)(Cl)Cl)[C@@H](C)Cl. The van der Waals surface area contributed by atoms with Gasteiger partial charge in [-0.25, -0.2) is 0 Å². The monoisotopic (exact) mass is 384 g/mol. The zero-order chi connectivity index (χ0) is 10.6. The number of carbonyl (C=O) groups is 1. The molecule has 7 heteroatoms. The van der Waals surface area contributed by atoms with Gasteiger partial charge >= 0.3 is 98.6 Å². The zero-order valence-corrected chi connectivity index (χ0v) is 12.5. The van der Waals surface area contributed by atoms with Crippen molar-refractivity contribution >= 4 is 59.3 Å². The Morgan fingerprint density at radius 3 is 2.15 bits per heavy atom. The summed E-state index contributed by atoms with van der Waals surface area (Å²) in [4.78, 5) is 10.7. The first kappa shape index (κ1) is 14.4. The van der Waals surface area contributed by atoms with Crippen molar-refractivity contribution in [3.05, 3.63) is 0 Å². The Morgan fingerprint density at radius 2 is 1.92 bits per heavy atom. The standard InChI is InChI=1S/C6H10Cl4O2Te/c1-4(7)6(12-5(2)11)3-13(8,9)10/h4,6H,3H2,1-2H3/t4-,6+/m1/s1. The molecule has 0 heterocycles. The Morgan fingerprint density at radius 1 is 1.46 bits per heavy atom. The van der Waals surface area contributed by atoms with Gasteiger partial charge in [-0.2, -0.15) is 0 Å². The van der Waals surface area contributed by atoms with E-state index in [1.54, 1.807) is 6.92 Å².